The minimum Gasteiger partial charge on any atom is -0.488 e. The number of carbonyl (C=O) groups excluding carboxylic acids is 1. The molecule has 5 aromatic carbocycles. The number of rotatable bonds is 8. The van der Waals surface area contributed by atoms with Gasteiger partial charge >= 0.3 is 0 Å². The van der Waals surface area contributed by atoms with Crippen molar-refractivity contribution in [3.05, 3.63) is 144 Å². The van der Waals surface area contributed by atoms with E-state index in [2.05, 4.69) is 0 Å². The van der Waals surface area contributed by atoms with Crippen LogP contribution in [0.5, 0.6) is 11.5 Å². The van der Waals surface area contributed by atoms with Gasteiger partial charge in [-0.25, -0.2) is 0 Å². The number of ketones is 1. The normalized spacial score (nSPS) is 11.6. The van der Waals surface area contributed by atoms with Gasteiger partial charge < -0.3 is 9.47 Å². The predicted molar refractivity (Wildman–Crippen MR) is 135 cm³/mol. The Morgan fingerprint density at radius 2 is 1.15 bits per heavy atom. The summed E-state index contributed by atoms with van der Waals surface area (Å²) < 4.78 is 12.6. The molecule has 5 rings (SSSR count). The van der Waals surface area contributed by atoms with E-state index in [1.165, 1.54) is 0 Å². The van der Waals surface area contributed by atoms with E-state index in [-0.39, 0.29) is 5.78 Å². The molecular weight excluding hydrogens is 420 g/mol. The molecule has 0 aliphatic carbocycles. The van der Waals surface area contributed by atoms with Gasteiger partial charge in [0.05, 0.1) is 0 Å². The van der Waals surface area contributed by atoms with Gasteiger partial charge in [0.2, 0.25) is 5.78 Å². The second-order valence-electron chi connectivity index (χ2n) is 8.02. The monoisotopic (exact) mass is 444 g/mol. The number of fused-ring (bicyclic) bond motifs is 1. The van der Waals surface area contributed by atoms with Crippen LogP contribution < -0.4 is 9.47 Å². The Morgan fingerprint density at radius 3 is 1.82 bits per heavy atom. The van der Waals surface area contributed by atoms with Crippen molar-refractivity contribution in [1.29, 1.82) is 0 Å². The summed E-state index contributed by atoms with van der Waals surface area (Å²) in [5.41, 5.74) is 2.53. The quantitative estimate of drug-likeness (QED) is 0.234. The highest BCUT2D eigenvalue weighted by atomic mass is 16.5. The Morgan fingerprint density at radius 1 is 0.588 bits per heavy atom. The molecule has 0 aliphatic heterocycles. The van der Waals surface area contributed by atoms with Gasteiger partial charge in [0.1, 0.15) is 18.1 Å². The molecule has 3 heteroatoms. The number of Topliss-reactive ketones (excluding diaryl/α,β-unsaturated/α-hetero) is 1. The van der Waals surface area contributed by atoms with Gasteiger partial charge in [-0.05, 0) is 17.7 Å². The van der Waals surface area contributed by atoms with Crippen molar-refractivity contribution < 1.29 is 14.3 Å². The first-order valence-corrected chi connectivity index (χ1v) is 11.3. The van der Waals surface area contributed by atoms with Crippen LogP contribution in [-0.4, -0.2) is 5.78 Å². The Bertz CT molecular complexity index is 1380. The van der Waals surface area contributed by atoms with Gasteiger partial charge in [-0.1, -0.05) is 115 Å². The minimum atomic E-state index is -0.761. The Labute approximate surface area is 199 Å². The molecule has 0 heterocycles. The summed E-state index contributed by atoms with van der Waals surface area (Å²) in [5.74, 6) is 1.33. The van der Waals surface area contributed by atoms with Gasteiger partial charge in [-0.2, -0.15) is 0 Å². The maximum Gasteiger partial charge on any atom is 0.207 e. The summed E-state index contributed by atoms with van der Waals surface area (Å²) >= 11 is 0. The SMILES string of the molecule is O=C(c1ccccc1)C(Oc1cccc2c(OCc3ccccc3)cccc12)c1ccccc1. The second kappa shape index (κ2) is 10.1. The van der Waals surface area contributed by atoms with Crippen molar-refractivity contribution in [2.75, 3.05) is 0 Å². The Kier molecular flexibility index (Phi) is 6.35. The number of hydrogen-bond donors (Lipinski definition) is 0. The Hall–Kier alpha value is -4.37. The molecule has 0 spiro atoms. The van der Waals surface area contributed by atoms with Crippen LogP contribution in [0.3, 0.4) is 0 Å². The van der Waals surface area contributed by atoms with Crippen molar-refractivity contribution in [2.24, 2.45) is 0 Å². The van der Waals surface area contributed by atoms with Gasteiger partial charge in [-0.3, -0.25) is 4.79 Å². The van der Waals surface area contributed by atoms with Gasteiger partial charge in [0.15, 0.2) is 6.10 Å². The molecule has 5 aromatic rings. The predicted octanol–water partition coefficient (Wildman–Crippen LogP) is 7.42. The molecule has 0 bridgehead atoms. The zero-order chi connectivity index (χ0) is 23.2. The fraction of sp³-hybridized carbons (Fsp3) is 0.0645. The van der Waals surface area contributed by atoms with Crippen molar-refractivity contribution in [2.45, 2.75) is 12.7 Å². The minimum absolute atomic E-state index is 0.0831. The lowest BCUT2D eigenvalue weighted by Crippen LogP contribution is -2.19. The maximum atomic E-state index is 13.5. The molecule has 0 amide bonds. The molecule has 166 valence electrons. The van der Waals surface area contributed by atoms with Crippen LogP contribution in [0.2, 0.25) is 0 Å². The molecule has 34 heavy (non-hydrogen) atoms. The average Bonchev–Trinajstić information content (AvgIpc) is 2.92. The lowest BCUT2D eigenvalue weighted by atomic mass is 9.99. The van der Waals surface area contributed by atoms with Crippen LogP contribution in [0, 0.1) is 0 Å². The third-order valence-corrected chi connectivity index (χ3v) is 5.72. The highest BCUT2D eigenvalue weighted by Gasteiger charge is 2.25. The van der Waals surface area contributed by atoms with Crippen LogP contribution in [0.15, 0.2) is 127 Å². The molecule has 0 fully saturated rings. The van der Waals surface area contributed by atoms with Crippen LogP contribution in [0.1, 0.15) is 27.6 Å². The summed E-state index contributed by atoms with van der Waals surface area (Å²) in [7, 11) is 0. The molecule has 0 aromatic heterocycles. The van der Waals surface area contributed by atoms with Crippen LogP contribution >= 0.6 is 0 Å². The zero-order valence-electron chi connectivity index (χ0n) is 18.6. The van der Waals surface area contributed by atoms with Crippen LogP contribution in [-0.2, 0) is 6.61 Å². The van der Waals surface area contributed by atoms with E-state index in [0.717, 1.165) is 27.6 Å². The first kappa shape index (κ1) is 21.5. The lowest BCUT2D eigenvalue weighted by Gasteiger charge is -2.20. The van der Waals surface area contributed by atoms with Crippen LogP contribution in [0.25, 0.3) is 10.8 Å². The third kappa shape index (κ3) is 4.69. The van der Waals surface area contributed by atoms with E-state index in [1.807, 2.05) is 127 Å². The second-order valence-corrected chi connectivity index (χ2v) is 8.02. The van der Waals surface area contributed by atoms with Gasteiger partial charge in [-0.15, -0.1) is 0 Å². The summed E-state index contributed by atoms with van der Waals surface area (Å²) in [6.07, 6.45) is -0.761. The first-order chi connectivity index (χ1) is 16.8. The number of ether oxygens (including phenoxy) is 2. The molecule has 0 aliphatic rings. The fourth-order valence-electron chi connectivity index (χ4n) is 4.00. The molecule has 0 N–H and O–H groups in total. The van der Waals surface area contributed by atoms with E-state index in [1.54, 1.807) is 0 Å². The molecule has 0 radical (unpaired) electrons. The van der Waals surface area contributed by atoms with Crippen molar-refractivity contribution in [1.82, 2.24) is 0 Å². The number of carbonyl (C=O) groups is 1. The zero-order valence-corrected chi connectivity index (χ0v) is 18.6. The molecule has 3 nitrogen and oxygen atoms in total. The van der Waals surface area contributed by atoms with Gasteiger partial charge in [0, 0.05) is 21.9 Å². The van der Waals surface area contributed by atoms with Crippen LogP contribution in [0.4, 0.5) is 0 Å². The molecule has 1 unspecified atom stereocenters. The molecule has 1 atom stereocenters. The highest BCUT2D eigenvalue weighted by molar-refractivity contribution is 6.01. The standard InChI is InChI=1S/C31H24O3/c32-30(24-14-6-2-7-15-24)31(25-16-8-3-9-17-25)34-29-21-11-18-26-27(29)19-10-20-28(26)33-22-23-12-4-1-5-13-23/h1-21,31H,22H2. The van der Waals surface area contributed by atoms with E-state index in [0.29, 0.717) is 17.9 Å². The van der Waals surface area contributed by atoms with E-state index in [4.69, 9.17) is 9.47 Å². The van der Waals surface area contributed by atoms with E-state index in [9.17, 15) is 4.79 Å². The van der Waals surface area contributed by atoms with Gasteiger partial charge in [0.25, 0.3) is 0 Å². The highest BCUT2D eigenvalue weighted by Crippen LogP contribution is 2.35. The average molecular weight is 445 g/mol. The first-order valence-electron chi connectivity index (χ1n) is 11.3. The molecular formula is C31H24O3. The molecule has 0 saturated carbocycles. The number of benzene rings is 5. The van der Waals surface area contributed by atoms with Crippen molar-refractivity contribution >= 4 is 16.6 Å². The lowest BCUT2D eigenvalue weighted by molar-refractivity contribution is 0.0795. The summed E-state index contributed by atoms with van der Waals surface area (Å²) in [4.78, 5) is 13.5. The fourth-order valence-corrected chi connectivity index (χ4v) is 4.00. The summed E-state index contributed by atoms with van der Waals surface area (Å²) in [6, 6.07) is 40.7. The smallest absolute Gasteiger partial charge is 0.207 e. The third-order valence-electron chi connectivity index (χ3n) is 5.72. The summed E-state index contributed by atoms with van der Waals surface area (Å²) in [5, 5.41) is 1.84. The number of hydrogen-bond acceptors (Lipinski definition) is 3. The van der Waals surface area contributed by atoms with Crippen molar-refractivity contribution in [3.8, 4) is 11.5 Å². The molecule has 0 saturated heterocycles. The topological polar surface area (TPSA) is 35.5 Å². The van der Waals surface area contributed by atoms with Crippen molar-refractivity contribution in [3.63, 3.8) is 0 Å². The Balaban J connectivity index is 1.49. The summed E-state index contributed by atoms with van der Waals surface area (Å²) in [6.45, 7) is 0.476. The maximum absolute atomic E-state index is 13.5. The van der Waals surface area contributed by atoms with E-state index < -0.39 is 6.10 Å². The van der Waals surface area contributed by atoms with E-state index >= 15 is 0 Å². The largest absolute Gasteiger partial charge is 0.488 e.